The fourth-order valence-corrected chi connectivity index (χ4v) is 10.9. The number of pyridine rings is 1. The number of hydrogen-bond acceptors (Lipinski definition) is 12. The summed E-state index contributed by atoms with van der Waals surface area (Å²) < 4.78 is 63.9. The highest BCUT2D eigenvalue weighted by Gasteiger charge is 2.61. The van der Waals surface area contributed by atoms with Crippen LogP contribution < -0.4 is 14.2 Å². The molecular weight excluding hydrogens is 836 g/mol. The van der Waals surface area contributed by atoms with E-state index in [1.165, 1.54) is 41.7 Å². The lowest BCUT2D eigenvalue weighted by Gasteiger charge is -2.35. The molecule has 0 spiro atoms. The van der Waals surface area contributed by atoms with Crippen LogP contribution in [0.5, 0.6) is 11.6 Å². The van der Waals surface area contributed by atoms with Crippen molar-refractivity contribution in [1.29, 1.82) is 0 Å². The normalized spacial score (nSPS) is 22.5. The Labute approximate surface area is 353 Å². The van der Waals surface area contributed by atoms with Gasteiger partial charge in [-0.1, -0.05) is 50.6 Å². The molecule has 0 radical (unpaired) electrons. The summed E-state index contributed by atoms with van der Waals surface area (Å²) in [5, 5.41) is 3.66. The van der Waals surface area contributed by atoms with Crippen molar-refractivity contribution >= 4 is 71.2 Å². The smallest absolute Gasteiger partial charge is 0.240 e. The van der Waals surface area contributed by atoms with Crippen LogP contribution in [0.1, 0.15) is 57.9 Å². The number of ketones is 1. The lowest BCUT2D eigenvalue weighted by Crippen LogP contribution is -2.48. The number of amides is 2. The molecule has 3 fully saturated rings. The molecule has 2 saturated carbocycles. The summed E-state index contributed by atoms with van der Waals surface area (Å²) in [6.07, 6.45) is 4.83. The molecule has 1 aliphatic heterocycles. The standard InChI is InChI=1S/C42H47ClN4O9S3/c1-7-25-19-42(25,40(50)46-59(53,54)29-13-14-29)20-35(48)34-17-27(56-38-31-16-26(43)10-15-30(31)36(55-5)21-44-38)22-47(34)39(49)32(41(2,3)4)18-37-45-33(23-57-37)24-8-11-28(12-9-24)58(6,51)52/h7-12,15-16,21,23,25,27,29,32,34H,1,13-14,17-20,22H2,2-6H3,(H,46,50)/t25-,27-,32-,34+,42-/m1/s1. The van der Waals surface area contributed by atoms with Crippen LogP contribution in [0.15, 0.2) is 71.6 Å². The maximum absolute atomic E-state index is 15.0. The molecule has 2 aromatic heterocycles. The Kier molecular flexibility index (Phi) is 11.5. The lowest BCUT2D eigenvalue weighted by atomic mass is 9.77. The van der Waals surface area contributed by atoms with E-state index >= 15 is 0 Å². The molecule has 59 heavy (non-hydrogen) atoms. The number of likely N-dealkylation sites (tertiary alicyclic amines) is 1. The van der Waals surface area contributed by atoms with E-state index in [1.54, 1.807) is 36.4 Å². The first-order valence-corrected chi connectivity index (χ1v) is 24.0. The monoisotopic (exact) mass is 882 g/mol. The van der Waals surface area contributed by atoms with Gasteiger partial charge in [0, 0.05) is 58.2 Å². The van der Waals surface area contributed by atoms with E-state index in [9.17, 15) is 31.2 Å². The number of sulfone groups is 1. The quantitative estimate of drug-likeness (QED) is 0.130. The van der Waals surface area contributed by atoms with Gasteiger partial charge in [-0.05, 0) is 60.9 Å². The SMILES string of the molecule is C=C[C@@H]1C[C@]1(CC(=O)[C@@H]1C[C@@H](Oc2ncc(OC)c3ccc(Cl)cc23)CN1C(=O)[C@@H](Cc1nc(-c2ccc(S(C)(=O)=O)cc2)cs1)C(C)(C)C)C(=O)NS(=O)(=O)C1CC1. The number of carbonyl (C=O) groups is 3. The first-order chi connectivity index (χ1) is 27.7. The Morgan fingerprint density at radius 1 is 1.10 bits per heavy atom. The fourth-order valence-electron chi connectivity index (χ4n) is 7.87. The predicted molar refractivity (Wildman–Crippen MR) is 226 cm³/mol. The molecule has 1 N–H and O–H groups in total. The van der Waals surface area contributed by atoms with Gasteiger partial charge in [0.05, 0.1) is 52.2 Å². The number of ether oxygens (including phenoxy) is 2. The van der Waals surface area contributed by atoms with Crippen LogP contribution in [-0.4, -0.2) is 86.6 Å². The number of sulfonamides is 1. The van der Waals surface area contributed by atoms with Crippen molar-refractivity contribution in [2.75, 3.05) is 19.9 Å². The van der Waals surface area contributed by atoms with E-state index in [4.69, 9.17) is 26.1 Å². The van der Waals surface area contributed by atoms with Crippen molar-refractivity contribution in [1.82, 2.24) is 19.6 Å². The lowest BCUT2D eigenvalue weighted by molar-refractivity contribution is -0.144. The number of hydrogen-bond donors (Lipinski definition) is 1. The van der Waals surface area contributed by atoms with Gasteiger partial charge in [0.2, 0.25) is 27.7 Å². The van der Waals surface area contributed by atoms with Crippen LogP contribution in [0.2, 0.25) is 5.02 Å². The summed E-state index contributed by atoms with van der Waals surface area (Å²) in [5.74, 6) is -1.71. The van der Waals surface area contributed by atoms with Crippen molar-refractivity contribution in [3.63, 3.8) is 0 Å². The van der Waals surface area contributed by atoms with Crippen LogP contribution in [0.4, 0.5) is 0 Å². The minimum absolute atomic E-state index is 0.0353. The summed E-state index contributed by atoms with van der Waals surface area (Å²) in [6, 6.07) is 10.7. The van der Waals surface area contributed by atoms with E-state index in [2.05, 4.69) is 16.3 Å². The van der Waals surface area contributed by atoms with Gasteiger partial charge in [-0.2, -0.15) is 0 Å². The molecular formula is C42H47ClN4O9S3. The van der Waals surface area contributed by atoms with E-state index in [0.29, 0.717) is 45.1 Å². The molecule has 17 heteroatoms. The van der Waals surface area contributed by atoms with Crippen LogP contribution in [0, 0.1) is 22.7 Å². The summed E-state index contributed by atoms with van der Waals surface area (Å²) >= 11 is 7.77. The highest BCUT2D eigenvalue weighted by molar-refractivity contribution is 7.91. The van der Waals surface area contributed by atoms with Gasteiger partial charge in [-0.3, -0.25) is 19.1 Å². The molecule has 2 aliphatic carbocycles. The van der Waals surface area contributed by atoms with E-state index in [1.807, 2.05) is 26.2 Å². The van der Waals surface area contributed by atoms with Gasteiger partial charge in [0.1, 0.15) is 11.9 Å². The fraction of sp³-hybridized carbons (Fsp3) is 0.452. The van der Waals surface area contributed by atoms with Crippen LogP contribution in [0.25, 0.3) is 22.0 Å². The number of benzene rings is 2. The van der Waals surface area contributed by atoms with Gasteiger partial charge < -0.3 is 14.4 Å². The molecule has 3 aliphatic rings. The number of nitrogens with zero attached hydrogens (tertiary/aromatic N) is 3. The topological polar surface area (TPSA) is 179 Å². The Bertz CT molecular complexity index is 2550. The molecule has 0 unspecified atom stereocenters. The molecule has 314 valence electrons. The highest BCUT2D eigenvalue weighted by atomic mass is 35.5. The van der Waals surface area contributed by atoms with Crippen molar-refractivity contribution in [3.05, 3.63) is 76.7 Å². The molecule has 13 nitrogen and oxygen atoms in total. The Balaban J connectivity index is 1.18. The molecule has 0 bridgehead atoms. The largest absolute Gasteiger partial charge is 0.494 e. The summed E-state index contributed by atoms with van der Waals surface area (Å²) in [4.78, 5) is 54.3. The number of nitrogens with one attached hydrogen (secondary N) is 1. The summed E-state index contributed by atoms with van der Waals surface area (Å²) in [5.41, 5.74) is -0.537. The van der Waals surface area contributed by atoms with Gasteiger partial charge in [-0.15, -0.1) is 17.9 Å². The predicted octanol–water partition coefficient (Wildman–Crippen LogP) is 6.44. The van der Waals surface area contributed by atoms with Gasteiger partial charge in [0.25, 0.3) is 0 Å². The van der Waals surface area contributed by atoms with Crippen LogP contribution in [-0.2, 0) is 40.7 Å². The zero-order chi connectivity index (χ0) is 42.7. The number of Topliss-reactive ketones (excluding diaryl/α,β-unsaturated/α-hetero) is 1. The maximum atomic E-state index is 15.0. The molecule has 4 aromatic rings. The van der Waals surface area contributed by atoms with E-state index in [0.717, 1.165) is 11.8 Å². The Morgan fingerprint density at radius 3 is 2.42 bits per heavy atom. The number of allylic oxidation sites excluding steroid dienone is 1. The third-order valence-electron chi connectivity index (χ3n) is 11.6. The first-order valence-electron chi connectivity index (χ1n) is 19.3. The van der Waals surface area contributed by atoms with Gasteiger partial charge in [0.15, 0.2) is 15.6 Å². The maximum Gasteiger partial charge on any atom is 0.240 e. The number of rotatable bonds is 15. The van der Waals surface area contributed by atoms with E-state index in [-0.39, 0.29) is 54.7 Å². The van der Waals surface area contributed by atoms with Crippen molar-refractivity contribution in [2.24, 2.45) is 22.7 Å². The second-order valence-electron chi connectivity index (χ2n) is 16.9. The number of methoxy groups -OCH3 is 1. The van der Waals surface area contributed by atoms with Crippen LogP contribution >= 0.6 is 22.9 Å². The van der Waals surface area contributed by atoms with E-state index < -0.39 is 65.8 Å². The average Bonchev–Trinajstić information content (AvgIpc) is 4.07. The minimum Gasteiger partial charge on any atom is -0.494 e. The van der Waals surface area contributed by atoms with Crippen LogP contribution in [0.3, 0.4) is 0 Å². The van der Waals surface area contributed by atoms with Gasteiger partial charge >= 0.3 is 0 Å². The molecule has 2 aromatic carbocycles. The molecule has 7 rings (SSSR count). The highest BCUT2D eigenvalue weighted by Crippen LogP contribution is 2.57. The molecule has 2 amide bonds. The first kappa shape index (κ1) is 42.7. The molecule has 3 heterocycles. The zero-order valence-electron chi connectivity index (χ0n) is 33.4. The third-order valence-corrected chi connectivity index (χ3v) is 15.7. The second kappa shape index (κ2) is 15.9. The summed E-state index contributed by atoms with van der Waals surface area (Å²) in [7, 11) is -5.72. The average molecular weight is 884 g/mol. The second-order valence-corrected chi connectivity index (χ2v) is 22.2. The number of thiazole rings is 1. The number of fused-ring (bicyclic) bond motifs is 1. The Hall–Kier alpha value is -4.38. The molecule has 5 atom stereocenters. The van der Waals surface area contributed by atoms with Crippen molar-refractivity contribution in [2.45, 2.75) is 81.6 Å². The summed E-state index contributed by atoms with van der Waals surface area (Å²) in [6.45, 7) is 9.72. The van der Waals surface area contributed by atoms with Gasteiger partial charge in [-0.25, -0.2) is 26.8 Å². The minimum atomic E-state index is -3.88. The van der Waals surface area contributed by atoms with Crippen molar-refractivity contribution in [3.8, 4) is 22.9 Å². The Morgan fingerprint density at radius 2 is 1.81 bits per heavy atom. The zero-order valence-corrected chi connectivity index (χ0v) is 36.6. The molecule has 1 saturated heterocycles. The number of halogens is 1. The number of aromatic nitrogens is 2. The number of carbonyl (C=O) groups excluding carboxylic acids is 3. The van der Waals surface area contributed by atoms with Crippen molar-refractivity contribution < 1.29 is 40.7 Å². The third kappa shape index (κ3) is 8.91.